The van der Waals surface area contributed by atoms with E-state index in [1.165, 1.54) is 11.3 Å². The lowest BCUT2D eigenvalue weighted by Gasteiger charge is -2.28. The zero-order chi connectivity index (χ0) is 13.9. The highest BCUT2D eigenvalue weighted by atomic mass is 16.1. The summed E-state index contributed by atoms with van der Waals surface area (Å²) in [5, 5.41) is 0. The molecule has 1 aliphatic heterocycles. The Balaban J connectivity index is 1.91. The third kappa shape index (κ3) is 2.50. The van der Waals surface area contributed by atoms with E-state index in [1.54, 1.807) is 6.92 Å². The van der Waals surface area contributed by atoms with Gasteiger partial charge in [0.25, 0.3) is 0 Å². The molecule has 0 amide bonds. The Kier molecular flexibility index (Phi) is 3.38. The van der Waals surface area contributed by atoms with Gasteiger partial charge in [-0.25, -0.2) is 0 Å². The Bertz CT molecular complexity index is 658. The maximum absolute atomic E-state index is 11.5. The van der Waals surface area contributed by atoms with Crippen LogP contribution in [0.25, 0.3) is 6.08 Å². The third-order valence-corrected chi connectivity index (χ3v) is 3.61. The van der Waals surface area contributed by atoms with Gasteiger partial charge in [0.2, 0.25) is 0 Å². The summed E-state index contributed by atoms with van der Waals surface area (Å²) in [5.41, 5.74) is 4.39. The zero-order valence-corrected chi connectivity index (χ0v) is 11.5. The van der Waals surface area contributed by atoms with Crippen LogP contribution in [-0.4, -0.2) is 12.3 Å². The molecule has 2 nitrogen and oxygen atoms in total. The normalized spacial score (nSPS) is 13.2. The van der Waals surface area contributed by atoms with Crippen LogP contribution in [0.5, 0.6) is 0 Å². The Hall–Kier alpha value is -2.35. The highest BCUT2D eigenvalue weighted by Gasteiger charge is 2.14. The largest absolute Gasteiger partial charge is 0.363 e. The third-order valence-electron chi connectivity index (χ3n) is 3.61. The highest BCUT2D eigenvalue weighted by Crippen LogP contribution is 2.28. The van der Waals surface area contributed by atoms with Crippen molar-refractivity contribution in [2.45, 2.75) is 13.5 Å². The molecule has 0 spiro atoms. The van der Waals surface area contributed by atoms with Gasteiger partial charge < -0.3 is 4.90 Å². The first-order chi connectivity index (χ1) is 9.74. The molecule has 1 aliphatic rings. The molecule has 0 aliphatic carbocycles. The van der Waals surface area contributed by atoms with Crippen molar-refractivity contribution in [3.05, 3.63) is 71.3 Å². The van der Waals surface area contributed by atoms with Crippen molar-refractivity contribution < 1.29 is 4.79 Å². The number of rotatable bonds is 3. The number of carbonyl (C=O) groups excluding carboxylic acids is 1. The molecule has 2 aromatic rings. The molecule has 1 heterocycles. The fraction of sp³-hybridized carbons (Fsp3) is 0.167. The van der Waals surface area contributed by atoms with Crippen LogP contribution in [0.3, 0.4) is 0 Å². The lowest BCUT2D eigenvalue weighted by atomic mass is 10.0. The molecule has 0 unspecified atom stereocenters. The van der Waals surface area contributed by atoms with Crippen LogP contribution < -0.4 is 4.90 Å². The van der Waals surface area contributed by atoms with E-state index in [0.29, 0.717) is 0 Å². The first-order valence-corrected chi connectivity index (χ1v) is 6.84. The van der Waals surface area contributed by atoms with Crippen LogP contribution in [0, 0.1) is 0 Å². The summed E-state index contributed by atoms with van der Waals surface area (Å²) in [4.78, 5) is 13.8. The second-order valence-electron chi connectivity index (χ2n) is 5.10. The molecule has 0 atom stereocenters. The molecule has 0 bridgehead atoms. The zero-order valence-electron chi connectivity index (χ0n) is 11.5. The van der Waals surface area contributed by atoms with E-state index in [-0.39, 0.29) is 5.78 Å². The van der Waals surface area contributed by atoms with Gasteiger partial charge in [-0.2, -0.15) is 0 Å². The first-order valence-electron chi connectivity index (χ1n) is 6.84. The second-order valence-corrected chi connectivity index (χ2v) is 5.10. The van der Waals surface area contributed by atoms with Gasteiger partial charge in [-0.15, -0.1) is 0 Å². The van der Waals surface area contributed by atoms with Gasteiger partial charge in [0.15, 0.2) is 5.78 Å². The molecule has 3 rings (SSSR count). The molecule has 0 saturated heterocycles. The summed E-state index contributed by atoms with van der Waals surface area (Å²) < 4.78 is 0. The number of fused-ring (bicyclic) bond motifs is 1. The minimum Gasteiger partial charge on any atom is -0.363 e. The molecule has 0 N–H and O–H groups in total. The summed E-state index contributed by atoms with van der Waals surface area (Å²) >= 11 is 0. The average Bonchev–Trinajstić information content (AvgIpc) is 2.48. The first kappa shape index (κ1) is 12.7. The monoisotopic (exact) mass is 263 g/mol. The Morgan fingerprint density at radius 1 is 1.15 bits per heavy atom. The van der Waals surface area contributed by atoms with Gasteiger partial charge in [0.1, 0.15) is 0 Å². The van der Waals surface area contributed by atoms with Gasteiger partial charge >= 0.3 is 0 Å². The molecule has 100 valence electrons. The van der Waals surface area contributed by atoms with Crippen LogP contribution in [-0.2, 0) is 6.54 Å². The van der Waals surface area contributed by atoms with Crippen molar-refractivity contribution in [1.82, 2.24) is 0 Å². The van der Waals surface area contributed by atoms with E-state index in [4.69, 9.17) is 0 Å². The predicted octanol–water partition coefficient (Wildman–Crippen LogP) is 3.92. The van der Waals surface area contributed by atoms with Gasteiger partial charge in [0, 0.05) is 24.3 Å². The van der Waals surface area contributed by atoms with Gasteiger partial charge in [-0.3, -0.25) is 4.79 Å². The van der Waals surface area contributed by atoms with Gasteiger partial charge in [-0.1, -0.05) is 42.5 Å². The lowest BCUT2D eigenvalue weighted by Crippen LogP contribution is -2.25. The van der Waals surface area contributed by atoms with Crippen molar-refractivity contribution in [2.75, 3.05) is 11.4 Å². The van der Waals surface area contributed by atoms with Crippen molar-refractivity contribution >= 4 is 17.5 Å². The van der Waals surface area contributed by atoms with Gasteiger partial charge in [-0.05, 0) is 36.2 Å². The van der Waals surface area contributed by atoms with Crippen molar-refractivity contribution in [2.24, 2.45) is 0 Å². The number of ketones is 1. The molecule has 0 aromatic heterocycles. The van der Waals surface area contributed by atoms with E-state index >= 15 is 0 Å². The predicted molar refractivity (Wildman–Crippen MR) is 83.0 cm³/mol. The topological polar surface area (TPSA) is 20.3 Å². The van der Waals surface area contributed by atoms with Crippen LogP contribution in [0.15, 0.2) is 54.6 Å². The molecule has 2 aromatic carbocycles. The van der Waals surface area contributed by atoms with Crippen LogP contribution in [0.4, 0.5) is 5.69 Å². The number of hydrogen-bond donors (Lipinski definition) is 0. The van der Waals surface area contributed by atoms with E-state index in [2.05, 4.69) is 47.4 Å². The van der Waals surface area contributed by atoms with E-state index in [0.717, 1.165) is 24.2 Å². The highest BCUT2D eigenvalue weighted by molar-refractivity contribution is 5.95. The smallest absolute Gasteiger partial charge is 0.159 e. The number of hydrogen-bond acceptors (Lipinski definition) is 2. The van der Waals surface area contributed by atoms with Crippen molar-refractivity contribution in [1.29, 1.82) is 0 Å². The van der Waals surface area contributed by atoms with Gasteiger partial charge in [0.05, 0.1) is 0 Å². The van der Waals surface area contributed by atoms with Crippen LogP contribution in [0.1, 0.15) is 28.4 Å². The van der Waals surface area contributed by atoms with E-state index in [9.17, 15) is 4.79 Å². The van der Waals surface area contributed by atoms with Crippen molar-refractivity contribution in [3.8, 4) is 0 Å². The Morgan fingerprint density at radius 2 is 1.95 bits per heavy atom. The SMILES string of the molecule is CC(=O)c1ccc2c(c1)C=CCN2Cc1ccccc1. The summed E-state index contributed by atoms with van der Waals surface area (Å²) in [6, 6.07) is 16.4. The molecular formula is C18H17NO. The molecule has 0 saturated carbocycles. The fourth-order valence-electron chi connectivity index (χ4n) is 2.55. The van der Waals surface area contributed by atoms with E-state index < -0.39 is 0 Å². The summed E-state index contributed by atoms with van der Waals surface area (Å²) in [7, 11) is 0. The standard InChI is InChI=1S/C18H17NO/c1-14(20)16-9-10-18-17(12-16)8-5-11-19(18)13-15-6-3-2-4-7-15/h2-10,12H,11,13H2,1H3. The molecule has 0 radical (unpaired) electrons. The number of benzene rings is 2. The summed E-state index contributed by atoms with van der Waals surface area (Å²) in [6.07, 6.45) is 4.25. The average molecular weight is 263 g/mol. The van der Waals surface area contributed by atoms with E-state index in [1.807, 2.05) is 18.2 Å². The molecular weight excluding hydrogens is 246 g/mol. The Morgan fingerprint density at radius 3 is 2.70 bits per heavy atom. The molecule has 0 fully saturated rings. The minimum absolute atomic E-state index is 0.112. The summed E-state index contributed by atoms with van der Waals surface area (Å²) in [5.74, 6) is 0.112. The lowest BCUT2D eigenvalue weighted by molar-refractivity contribution is 0.101. The number of anilines is 1. The summed E-state index contributed by atoms with van der Waals surface area (Å²) in [6.45, 7) is 3.40. The maximum atomic E-state index is 11.5. The maximum Gasteiger partial charge on any atom is 0.159 e. The quantitative estimate of drug-likeness (QED) is 0.782. The van der Waals surface area contributed by atoms with Crippen molar-refractivity contribution in [3.63, 3.8) is 0 Å². The molecule has 20 heavy (non-hydrogen) atoms. The fourth-order valence-corrected chi connectivity index (χ4v) is 2.55. The molecule has 2 heteroatoms. The van der Waals surface area contributed by atoms with Crippen LogP contribution >= 0.6 is 0 Å². The van der Waals surface area contributed by atoms with Crippen LogP contribution in [0.2, 0.25) is 0 Å². The number of Topliss-reactive ketones (excluding diaryl/α,β-unsaturated/α-hetero) is 1. The minimum atomic E-state index is 0.112. The second kappa shape index (κ2) is 5.33. The Labute approximate surface area is 119 Å². The number of nitrogens with zero attached hydrogens (tertiary/aromatic N) is 1. The number of carbonyl (C=O) groups is 1.